The quantitative estimate of drug-likeness (QED) is 0.536. The smallest absolute Gasteiger partial charge is 0.323 e. The third-order valence-electron chi connectivity index (χ3n) is 2.66. The average Bonchev–Trinajstić information content (AvgIpc) is 2.86. The van der Waals surface area contributed by atoms with Crippen LogP contribution in [0.15, 0.2) is 18.5 Å². The summed E-state index contributed by atoms with van der Waals surface area (Å²) >= 11 is 0. The fourth-order valence-electron chi connectivity index (χ4n) is 1.78. The monoisotopic (exact) mass is 253 g/mol. The first-order valence-corrected chi connectivity index (χ1v) is 6.65. The van der Waals surface area contributed by atoms with Crippen molar-refractivity contribution in [3.05, 3.63) is 18.5 Å². The van der Waals surface area contributed by atoms with Crippen LogP contribution >= 0.6 is 0 Å². The van der Waals surface area contributed by atoms with E-state index in [1.165, 1.54) is 0 Å². The number of esters is 1. The van der Waals surface area contributed by atoms with Gasteiger partial charge in [0.15, 0.2) is 0 Å². The van der Waals surface area contributed by atoms with E-state index in [9.17, 15) is 4.79 Å². The van der Waals surface area contributed by atoms with Crippen LogP contribution in [0, 0.1) is 0 Å². The lowest BCUT2D eigenvalue weighted by atomic mass is 10.1. The largest absolute Gasteiger partial charge is 0.465 e. The second-order valence-electron chi connectivity index (χ2n) is 4.17. The van der Waals surface area contributed by atoms with Gasteiger partial charge in [0.05, 0.1) is 6.61 Å². The Morgan fingerprint density at radius 2 is 2.33 bits per heavy atom. The lowest BCUT2D eigenvalue weighted by Crippen LogP contribution is -2.38. The number of hydrogen-bond donors (Lipinski definition) is 1. The zero-order valence-electron chi connectivity index (χ0n) is 11.3. The minimum atomic E-state index is -0.174. The van der Waals surface area contributed by atoms with Crippen LogP contribution in [0.3, 0.4) is 0 Å². The number of nitrogens with one attached hydrogen (secondary N) is 1. The van der Waals surface area contributed by atoms with E-state index in [0.29, 0.717) is 6.61 Å². The summed E-state index contributed by atoms with van der Waals surface area (Å²) in [5.74, 6) is -0.140. The van der Waals surface area contributed by atoms with Crippen molar-refractivity contribution < 1.29 is 9.53 Å². The Balaban J connectivity index is 2.22. The molecule has 0 fully saturated rings. The molecule has 0 aromatic carbocycles. The van der Waals surface area contributed by atoms with Crippen LogP contribution < -0.4 is 5.32 Å². The van der Waals surface area contributed by atoms with Crippen LogP contribution in [0.5, 0.6) is 0 Å². The highest BCUT2D eigenvalue weighted by atomic mass is 16.5. The van der Waals surface area contributed by atoms with E-state index in [1.54, 1.807) is 6.20 Å². The molecule has 5 heteroatoms. The van der Waals surface area contributed by atoms with Crippen LogP contribution in [-0.2, 0) is 16.1 Å². The van der Waals surface area contributed by atoms with Crippen molar-refractivity contribution in [2.24, 2.45) is 0 Å². The summed E-state index contributed by atoms with van der Waals surface area (Å²) in [6.45, 7) is 6.00. The Kier molecular flexibility index (Phi) is 7.10. The molecule has 1 unspecified atom stereocenters. The van der Waals surface area contributed by atoms with Crippen molar-refractivity contribution in [1.29, 1.82) is 0 Å². The Labute approximate surface area is 109 Å². The van der Waals surface area contributed by atoms with Crippen molar-refractivity contribution in [2.75, 3.05) is 13.2 Å². The van der Waals surface area contributed by atoms with Gasteiger partial charge in [-0.05, 0) is 32.4 Å². The predicted octanol–water partition coefficient (Wildman–Crippen LogP) is 1.59. The van der Waals surface area contributed by atoms with Gasteiger partial charge in [0, 0.05) is 18.9 Å². The van der Waals surface area contributed by atoms with Crippen molar-refractivity contribution in [1.82, 2.24) is 15.1 Å². The third kappa shape index (κ3) is 5.31. The summed E-state index contributed by atoms with van der Waals surface area (Å²) in [7, 11) is 0. The van der Waals surface area contributed by atoms with Crippen LogP contribution in [0.4, 0.5) is 0 Å². The standard InChI is InChI=1S/C13H23N3O2/c1-3-7-12(13(17)18-4-2)14-8-5-10-16-11-6-9-15-16/h6,9,11-12,14H,3-5,7-8,10H2,1-2H3. The van der Waals surface area contributed by atoms with Crippen LogP contribution in [0.2, 0.25) is 0 Å². The lowest BCUT2D eigenvalue weighted by Gasteiger charge is -2.16. The normalized spacial score (nSPS) is 12.3. The highest BCUT2D eigenvalue weighted by Crippen LogP contribution is 2.00. The number of rotatable bonds is 9. The molecule has 0 bridgehead atoms. The first-order chi connectivity index (χ1) is 8.77. The molecule has 5 nitrogen and oxygen atoms in total. The summed E-state index contributed by atoms with van der Waals surface area (Å²) < 4.78 is 6.93. The van der Waals surface area contributed by atoms with Gasteiger partial charge in [-0.15, -0.1) is 0 Å². The Morgan fingerprint density at radius 1 is 1.50 bits per heavy atom. The molecular formula is C13H23N3O2. The number of aryl methyl sites for hydroxylation is 1. The number of nitrogens with zero attached hydrogens (tertiary/aromatic N) is 2. The Morgan fingerprint density at radius 3 is 2.94 bits per heavy atom. The average molecular weight is 253 g/mol. The number of carbonyl (C=O) groups is 1. The molecular weight excluding hydrogens is 230 g/mol. The molecule has 0 saturated carbocycles. The predicted molar refractivity (Wildman–Crippen MR) is 70.2 cm³/mol. The van der Waals surface area contributed by atoms with Gasteiger partial charge in [-0.25, -0.2) is 0 Å². The van der Waals surface area contributed by atoms with E-state index in [4.69, 9.17) is 4.74 Å². The molecule has 1 aromatic rings. The maximum atomic E-state index is 11.7. The molecule has 1 N–H and O–H groups in total. The van der Waals surface area contributed by atoms with E-state index in [0.717, 1.165) is 32.4 Å². The topological polar surface area (TPSA) is 56.2 Å². The Hall–Kier alpha value is -1.36. The van der Waals surface area contributed by atoms with Gasteiger partial charge in [-0.3, -0.25) is 9.48 Å². The highest BCUT2D eigenvalue weighted by Gasteiger charge is 2.17. The number of hydrogen-bond acceptors (Lipinski definition) is 4. The van der Waals surface area contributed by atoms with E-state index in [1.807, 2.05) is 23.9 Å². The molecule has 0 radical (unpaired) electrons. The maximum absolute atomic E-state index is 11.7. The van der Waals surface area contributed by atoms with E-state index in [2.05, 4.69) is 17.3 Å². The zero-order valence-corrected chi connectivity index (χ0v) is 11.3. The molecule has 18 heavy (non-hydrogen) atoms. The number of carbonyl (C=O) groups excluding carboxylic acids is 1. The van der Waals surface area contributed by atoms with Gasteiger partial charge in [-0.2, -0.15) is 5.10 Å². The minimum Gasteiger partial charge on any atom is -0.465 e. The van der Waals surface area contributed by atoms with Crippen molar-refractivity contribution in [2.45, 2.75) is 45.7 Å². The van der Waals surface area contributed by atoms with Crippen LogP contribution in [0.25, 0.3) is 0 Å². The van der Waals surface area contributed by atoms with Crippen LogP contribution in [0.1, 0.15) is 33.1 Å². The van der Waals surface area contributed by atoms with Crippen molar-refractivity contribution in [3.8, 4) is 0 Å². The molecule has 1 aromatic heterocycles. The highest BCUT2D eigenvalue weighted by molar-refractivity contribution is 5.75. The molecule has 0 saturated heterocycles. The van der Waals surface area contributed by atoms with Crippen LogP contribution in [-0.4, -0.2) is 34.9 Å². The van der Waals surface area contributed by atoms with E-state index >= 15 is 0 Å². The maximum Gasteiger partial charge on any atom is 0.323 e. The zero-order chi connectivity index (χ0) is 13.2. The molecule has 1 rings (SSSR count). The fraction of sp³-hybridized carbons (Fsp3) is 0.692. The fourth-order valence-corrected chi connectivity index (χ4v) is 1.78. The number of aromatic nitrogens is 2. The summed E-state index contributed by atoms with van der Waals surface area (Å²) in [4.78, 5) is 11.7. The summed E-state index contributed by atoms with van der Waals surface area (Å²) in [5.41, 5.74) is 0. The van der Waals surface area contributed by atoms with Gasteiger partial charge < -0.3 is 10.1 Å². The lowest BCUT2D eigenvalue weighted by molar-refractivity contribution is -0.145. The second-order valence-corrected chi connectivity index (χ2v) is 4.17. The van der Waals surface area contributed by atoms with Gasteiger partial charge in [0.1, 0.15) is 6.04 Å². The first-order valence-electron chi connectivity index (χ1n) is 6.65. The molecule has 0 aliphatic heterocycles. The van der Waals surface area contributed by atoms with Gasteiger partial charge >= 0.3 is 5.97 Å². The molecule has 0 aliphatic carbocycles. The molecule has 1 atom stereocenters. The molecule has 1 heterocycles. The van der Waals surface area contributed by atoms with Crippen molar-refractivity contribution >= 4 is 5.97 Å². The summed E-state index contributed by atoms with van der Waals surface area (Å²) in [6.07, 6.45) is 6.44. The first kappa shape index (κ1) is 14.7. The summed E-state index contributed by atoms with van der Waals surface area (Å²) in [6, 6.07) is 1.74. The molecule has 0 amide bonds. The van der Waals surface area contributed by atoms with Gasteiger partial charge in [0.25, 0.3) is 0 Å². The minimum absolute atomic E-state index is 0.140. The second kappa shape index (κ2) is 8.69. The third-order valence-corrected chi connectivity index (χ3v) is 2.66. The summed E-state index contributed by atoms with van der Waals surface area (Å²) in [5, 5.41) is 7.38. The van der Waals surface area contributed by atoms with Gasteiger partial charge in [-0.1, -0.05) is 13.3 Å². The number of ether oxygens (including phenoxy) is 1. The van der Waals surface area contributed by atoms with Crippen molar-refractivity contribution in [3.63, 3.8) is 0 Å². The molecule has 0 aliphatic rings. The SMILES string of the molecule is CCCC(NCCCn1cccn1)C(=O)OCC. The van der Waals surface area contributed by atoms with Gasteiger partial charge in [0.2, 0.25) is 0 Å². The van der Waals surface area contributed by atoms with E-state index in [-0.39, 0.29) is 12.0 Å². The molecule has 0 spiro atoms. The Bertz CT molecular complexity index is 325. The van der Waals surface area contributed by atoms with E-state index < -0.39 is 0 Å². The molecule has 102 valence electrons.